The van der Waals surface area contributed by atoms with Crippen LogP contribution in [0.1, 0.15) is 27.7 Å². The van der Waals surface area contributed by atoms with Gasteiger partial charge in [-0.2, -0.15) is 0 Å². The highest BCUT2D eigenvalue weighted by Gasteiger charge is 2.44. The molecule has 0 saturated carbocycles. The van der Waals surface area contributed by atoms with Crippen LogP contribution in [-0.4, -0.2) is 24.4 Å². The molecular weight excluding hydrogens is 127 g/mol. The summed E-state index contributed by atoms with van der Waals surface area (Å²) in [5, 5.41) is 0. The third kappa shape index (κ3) is 0.909. The van der Waals surface area contributed by atoms with E-state index in [0.29, 0.717) is 0 Å². The quantitative estimate of drug-likeness (QED) is 0.368. The summed E-state index contributed by atoms with van der Waals surface area (Å²) < 4.78 is 10.6. The molecule has 0 unspecified atom stereocenters. The maximum Gasteiger partial charge on any atom is 0.590 e. The molecule has 0 N–H and O–H groups in total. The Morgan fingerprint density at radius 2 is 1.30 bits per heavy atom. The van der Waals surface area contributed by atoms with Crippen LogP contribution in [0.4, 0.5) is 0 Å². The molecule has 0 aliphatic carbocycles. The summed E-state index contributed by atoms with van der Waals surface area (Å²) in [5.74, 6) is 0. The standard InChI is InChI=1S/C7H13BO2/c1-6(2)7(3,4)10-8(5)9-6/h5H,1-4H3. The molecular formula is C7H13BO2. The lowest BCUT2D eigenvalue weighted by Crippen LogP contribution is -2.41. The molecule has 1 aliphatic heterocycles. The first-order valence-corrected chi connectivity index (χ1v) is 3.46. The van der Waals surface area contributed by atoms with Crippen molar-refractivity contribution in [2.24, 2.45) is 0 Å². The molecule has 0 bridgehead atoms. The topological polar surface area (TPSA) is 18.5 Å². The van der Waals surface area contributed by atoms with Gasteiger partial charge in [0.1, 0.15) is 0 Å². The highest BCUT2D eigenvalue weighted by molar-refractivity contribution is 6.49. The van der Waals surface area contributed by atoms with Crippen molar-refractivity contribution >= 4 is 13.2 Å². The van der Waals surface area contributed by atoms with Gasteiger partial charge in [-0.1, -0.05) is 0 Å². The summed E-state index contributed by atoms with van der Waals surface area (Å²) >= 11 is 0. The van der Waals surface area contributed by atoms with E-state index >= 15 is 0 Å². The van der Waals surface area contributed by atoms with Gasteiger partial charge in [0.15, 0.2) is 0 Å². The van der Waals surface area contributed by atoms with Crippen molar-refractivity contribution in [1.82, 2.24) is 0 Å². The fourth-order valence-corrected chi connectivity index (χ4v) is 0.889. The second kappa shape index (κ2) is 1.73. The fourth-order valence-electron chi connectivity index (χ4n) is 0.889. The molecule has 3 heteroatoms. The molecule has 0 radical (unpaired) electrons. The predicted octanol–water partition coefficient (Wildman–Crippen LogP) is 0.969. The van der Waals surface area contributed by atoms with Crippen LogP contribution >= 0.6 is 0 Å². The molecule has 56 valence electrons. The molecule has 1 aliphatic rings. The zero-order chi connectivity index (χ0) is 7.99. The van der Waals surface area contributed by atoms with Crippen LogP contribution in [0.3, 0.4) is 0 Å². The predicted molar refractivity (Wildman–Crippen MR) is 42.1 cm³/mol. The molecule has 0 atom stereocenters. The lowest BCUT2D eigenvalue weighted by Gasteiger charge is -2.36. The Hall–Kier alpha value is -0.555. The number of hydrogen-bond donors (Lipinski definition) is 0. The van der Waals surface area contributed by atoms with Crippen LogP contribution in [0, 0.1) is 0 Å². The first-order valence-electron chi connectivity index (χ1n) is 3.46. The molecule has 0 aromatic rings. The average molecular weight is 140 g/mol. The second-order valence-corrected chi connectivity index (χ2v) is 3.62. The van der Waals surface area contributed by atoms with Crippen molar-refractivity contribution in [3.63, 3.8) is 0 Å². The lowest BCUT2D eigenvalue weighted by atomic mass is 9.90. The van der Waals surface area contributed by atoms with E-state index in [1.165, 1.54) is 0 Å². The monoisotopic (exact) mass is 140 g/mol. The van der Waals surface area contributed by atoms with Gasteiger partial charge in [0.25, 0.3) is 0 Å². The van der Waals surface area contributed by atoms with E-state index in [9.17, 15) is 0 Å². The fraction of sp³-hybridized carbons (Fsp3) is 0.857. The minimum atomic E-state index is -0.565. The van der Waals surface area contributed by atoms with Gasteiger partial charge in [-0.3, -0.25) is 0 Å². The van der Waals surface area contributed by atoms with E-state index in [0.717, 1.165) is 0 Å². The van der Waals surface area contributed by atoms with Crippen LogP contribution in [0.2, 0.25) is 0 Å². The van der Waals surface area contributed by atoms with E-state index in [2.05, 4.69) is 0 Å². The maximum absolute atomic E-state index is 5.44. The second-order valence-electron chi connectivity index (χ2n) is 3.62. The third-order valence-corrected chi connectivity index (χ3v) is 2.27. The van der Waals surface area contributed by atoms with E-state index < -0.39 is 6.76 Å². The van der Waals surface area contributed by atoms with Gasteiger partial charge in [-0.25, -0.2) is 0 Å². The van der Waals surface area contributed by atoms with Crippen LogP contribution < -0.4 is 0 Å². The van der Waals surface area contributed by atoms with Crippen molar-refractivity contribution in [2.45, 2.75) is 38.9 Å². The van der Waals surface area contributed by atoms with Crippen molar-refractivity contribution in [1.29, 1.82) is 0 Å². The molecule has 2 nitrogen and oxygen atoms in total. The van der Waals surface area contributed by atoms with Gasteiger partial charge in [0.2, 0.25) is 0 Å². The highest BCUT2D eigenvalue weighted by atomic mass is 16.7. The summed E-state index contributed by atoms with van der Waals surface area (Å²) in [5.41, 5.74) is -0.571. The largest absolute Gasteiger partial charge is 0.673 e. The summed E-state index contributed by atoms with van der Waals surface area (Å²) in [6, 6.07) is 0. The third-order valence-electron chi connectivity index (χ3n) is 2.27. The summed E-state index contributed by atoms with van der Waals surface area (Å²) in [6.07, 6.45) is 0. The zero-order valence-electron chi connectivity index (χ0n) is 6.97. The van der Waals surface area contributed by atoms with Crippen molar-refractivity contribution in [3.8, 4) is 0 Å². The molecule has 0 amide bonds. The Kier molecular flexibility index (Phi) is 1.31. The van der Waals surface area contributed by atoms with Gasteiger partial charge in [-0.05, 0) is 27.7 Å². The molecule has 1 rings (SSSR count). The van der Waals surface area contributed by atoms with Gasteiger partial charge in [-0.15, -0.1) is 0 Å². The highest BCUT2D eigenvalue weighted by Crippen LogP contribution is 2.34. The Labute approximate surface area is 62.3 Å². The normalized spacial score (nSPS) is 27.3. The Bertz CT molecular complexity index is 154. The molecule has 1 heterocycles. The molecule has 1 fully saturated rings. The Morgan fingerprint density at radius 1 is 1.00 bits per heavy atom. The van der Waals surface area contributed by atoms with Crippen LogP contribution in [0.25, 0.3) is 0 Å². The van der Waals surface area contributed by atoms with Crippen LogP contribution in [-0.2, 0) is 9.31 Å². The molecule has 1 saturated heterocycles. The van der Waals surface area contributed by atoms with Crippen LogP contribution in [0.5, 0.6) is 0 Å². The van der Waals surface area contributed by atoms with Crippen molar-refractivity contribution < 1.29 is 9.31 Å². The minimum Gasteiger partial charge on any atom is -0.673 e. The number of hydrogen-bond acceptors (Lipinski definition) is 2. The smallest absolute Gasteiger partial charge is 0.590 e. The van der Waals surface area contributed by atoms with E-state index in [-0.39, 0.29) is 11.2 Å². The van der Waals surface area contributed by atoms with Gasteiger partial charge in [0, 0.05) is 6.47 Å². The van der Waals surface area contributed by atoms with Crippen molar-refractivity contribution in [2.75, 3.05) is 0 Å². The Morgan fingerprint density at radius 3 is 1.40 bits per heavy atom. The maximum atomic E-state index is 5.44. The molecule has 10 heavy (non-hydrogen) atoms. The molecule has 0 aromatic carbocycles. The first kappa shape index (κ1) is 7.55. The van der Waals surface area contributed by atoms with Crippen LogP contribution in [0.15, 0.2) is 0 Å². The van der Waals surface area contributed by atoms with E-state index in [1.807, 2.05) is 27.7 Å². The van der Waals surface area contributed by atoms with Crippen molar-refractivity contribution in [3.05, 3.63) is 0 Å². The summed E-state index contributed by atoms with van der Waals surface area (Å²) in [7, 11) is 0. The SMILES string of the molecule is [CH+]=[B-]1OC(C)(C)C(C)(C)O1. The van der Waals surface area contributed by atoms with Gasteiger partial charge in [0.05, 0.1) is 11.2 Å². The Balaban J connectivity index is 2.88. The molecule has 0 spiro atoms. The van der Waals surface area contributed by atoms with E-state index in [4.69, 9.17) is 15.8 Å². The van der Waals surface area contributed by atoms with Gasteiger partial charge < -0.3 is 9.31 Å². The lowest BCUT2D eigenvalue weighted by molar-refractivity contribution is 0.00578. The first-order chi connectivity index (χ1) is 4.35. The molecule has 0 aromatic heterocycles. The summed E-state index contributed by atoms with van der Waals surface area (Å²) in [4.78, 5) is 0. The van der Waals surface area contributed by atoms with Gasteiger partial charge >= 0.3 is 6.76 Å². The van der Waals surface area contributed by atoms with E-state index in [1.54, 1.807) is 0 Å². The zero-order valence-corrected chi connectivity index (χ0v) is 6.97. The number of rotatable bonds is 0. The average Bonchev–Trinajstić information content (AvgIpc) is 1.73. The minimum absolute atomic E-state index is 0.285. The summed E-state index contributed by atoms with van der Waals surface area (Å²) in [6.45, 7) is 12.8.